The number of sulfonamides is 1. The van der Waals surface area contributed by atoms with Crippen LogP contribution in [0.15, 0.2) is 17.0 Å². The van der Waals surface area contributed by atoms with E-state index >= 15 is 0 Å². The molecular weight excluding hydrogens is 312 g/mol. The third-order valence-electron chi connectivity index (χ3n) is 3.50. The standard InChI is InChI=1S/C14H22N2O3S.ClH/c1-10-7-11(2)14(19-3)13(8-10)20(17,18)16-12-5-4-6-15-9-12;/h7-8,12,15-16H,4-6,9H2,1-3H3;1H/t12-;/m0./s1. The molecular formula is C14H23ClN2O3S. The normalized spacial score (nSPS) is 18.9. The van der Waals surface area contributed by atoms with Gasteiger partial charge in [-0.2, -0.15) is 0 Å². The van der Waals surface area contributed by atoms with Crippen LogP contribution < -0.4 is 14.8 Å². The second-order valence-electron chi connectivity index (χ2n) is 5.28. The summed E-state index contributed by atoms with van der Waals surface area (Å²) in [4.78, 5) is 0.225. The highest BCUT2D eigenvalue weighted by Gasteiger charge is 2.25. The van der Waals surface area contributed by atoms with Gasteiger partial charge in [-0.1, -0.05) is 6.07 Å². The minimum Gasteiger partial charge on any atom is -0.495 e. The molecule has 2 N–H and O–H groups in total. The Bertz CT molecular complexity index is 584. The summed E-state index contributed by atoms with van der Waals surface area (Å²) in [6, 6.07) is 3.52. The van der Waals surface area contributed by atoms with Crippen molar-refractivity contribution >= 4 is 22.4 Å². The molecule has 1 atom stereocenters. The SMILES string of the molecule is COc1c(C)cc(C)cc1S(=O)(=O)N[C@H]1CCCNC1.Cl. The van der Waals surface area contributed by atoms with E-state index in [1.807, 2.05) is 19.9 Å². The van der Waals surface area contributed by atoms with Crippen molar-refractivity contribution in [2.75, 3.05) is 20.2 Å². The highest BCUT2D eigenvalue weighted by molar-refractivity contribution is 7.89. The van der Waals surface area contributed by atoms with Gasteiger partial charge < -0.3 is 10.1 Å². The van der Waals surface area contributed by atoms with E-state index in [4.69, 9.17) is 4.74 Å². The summed E-state index contributed by atoms with van der Waals surface area (Å²) >= 11 is 0. The molecule has 0 saturated carbocycles. The Morgan fingerprint density at radius 1 is 1.33 bits per heavy atom. The Balaban J connectivity index is 0.00000220. The molecule has 1 aromatic rings. The fraction of sp³-hybridized carbons (Fsp3) is 0.571. The van der Waals surface area contributed by atoms with Gasteiger partial charge in [-0.05, 0) is 50.4 Å². The molecule has 0 amide bonds. The summed E-state index contributed by atoms with van der Waals surface area (Å²) < 4.78 is 33.2. The number of rotatable bonds is 4. The summed E-state index contributed by atoms with van der Waals surface area (Å²) in [7, 11) is -2.06. The van der Waals surface area contributed by atoms with E-state index in [1.54, 1.807) is 6.07 Å². The number of hydrogen-bond acceptors (Lipinski definition) is 4. The second-order valence-corrected chi connectivity index (χ2v) is 6.96. The van der Waals surface area contributed by atoms with Crippen LogP contribution in [0.1, 0.15) is 24.0 Å². The van der Waals surface area contributed by atoms with Crippen LogP contribution in [0, 0.1) is 13.8 Å². The van der Waals surface area contributed by atoms with E-state index in [1.165, 1.54) is 7.11 Å². The number of ether oxygens (including phenoxy) is 1. The molecule has 5 nitrogen and oxygen atoms in total. The van der Waals surface area contributed by atoms with Gasteiger partial charge in [0.05, 0.1) is 7.11 Å². The molecule has 2 rings (SSSR count). The van der Waals surface area contributed by atoms with E-state index in [9.17, 15) is 8.42 Å². The monoisotopic (exact) mass is 334 g/mol. The minimum atomic E-state index is -3.56. The Hall–Kier alpha value is -0.820. The van der Waals surface area contributed by atoms with Crippen molar-refractivity contribution in [2.45, 2.75) is 37.6 Å². The number of nitrogens with one attached hydrogen (secondary N) is 2. The Labute approximate surface area is 132 Å². The molecule has 1 aromatic carbocycles. The minimum absolute atomic E-state index is 0. The number of aryl methyl sites for hydroxylation is 2. The summed E-state index contributed by atoms with van der Waals surface area (Å²) in [6.45, 7) is 5.36. The number of piperidine rings is 1. The van der Waals surface area contributed by atoms with Crippen molar-refractivity contribution in [1.82, 2.24) is 10.0 Å². The van der Waals surface area contributed by atoms with Crippen molar-refractivity contribution in [3.8, 4) is 5.75 Å². The highest BCUT2D eigenvalue weighted by Crippen LogP contribution is 2.29. The molecule has 1 fully saturated rings. The van der Waals surface area contributed by atoms with E-state index in [-0.39, 0.29) is 23.3 Å². The van der Waals surface area contributed by atoms with Gasteiger partial charge in [0.2, 0.25) is 10.0 Å². The summed E-state index contributed by atoms with van der Waals surface area (Å²) in [5.41, 5.74) is 1.74. The second kappa shape index (κ2) is 7.45. The molecule has 7 heteroatoms. The van der Waals surface area contributed by atoms with Crippen molar-refractivity contribution in [3.63, 3.8) is 0 Å². The topological polar surface area (TPSA) is 67.4 Å². The Kier molecular flexibility index (Phi) is 6.46. The zero-order valence-electron chi connectivity index (χ0n) is 12.6. The summed E-state index contributed by atoms with van der Waals surface area (Å²) in [5, 5.41) is 3.20. The van der Waals surface area contributed by atoms with Crippen LogP contribution >= 0.6 is 12.4 Å². The molecule has 0 radical (unpaired) electrons. The molecule has 1 heterocycles. The van der Waals surface area contributed by atoms with E-state index in [0.29, 0.717) is 12.3 Å². The Morgan fingerprint density at radius 2 is 2.05 bits per heavy atom. The first-order chi connectivity index (χ1) is 9.44. The lowest BCUT2D eigenvalue weighted by molar-refractivity contribution is 0.396. The quantitative estimate of drug-likeness (QED) is 0.880. The maximum atomic E-state index is 12.6. The smallest absolute Gasteiger partial charge is 0.244 e. The molecule has 21 heavy (non-hydrogen) atoms. The van der Waals surface area contributed by atoms with Gasteiger partial charge in [0.1, 0.15) is 10.6 Å². The van der Waals surface area contributed by atoms with Crippen molar-refractivity contribution in [1.29, 1.82) is 0 Å². The number of methoxy groups -OCH3 is 1. The van der Waals surface area contributed by atoms with E-state index in [0.717, 1.165) is 30.5 Å². The average molecular weight is 335 g/mol. The molecule has 120 valence electrons. The van der Waals surface area contributed by atoms with Crippen LogP contribution in [0.2, 0.25) is 0 Å². The maximum absolute atomic E-state index is 12.6. The fourth-order valence-electron chi connectivity index (χ4n) is 2.61. The molecule has 0 unspecified atom stereocenters. The largest absolute Gasteiger partial charge is 0.495 e. The highest BCUT2D eigenvalue weighted by atomic mass is 35.5. The fourth-order valence-corrected chi connectivity index (χ4v) is 4.21. The van der Waals surface area contributed by atoms with Crippen LogP contribution in [-0.2, 0) is 10.0 Å². The Morgan fingerprint density at radius 3 is 2.62 bits per heavy atom. The van der Waals surface area contributed by atoms with Crippen LogP contribution in [-0.4, -0.2) is 34.7 Å². The molecule has 1 saturated heterocycles. The predicted molar refractivity (Wildman–Crippen MR) is 85.9 cm³/mol. The first-order valence-electron chi connectivity index (χ1n) is 6.82. The third-order valence-corrected chi connectivity index (χ3v) is 5.02. The molecule has 0 spiro atoms. The number of halogens is 1. The van der Waals surface area contributed by atoms with Crippen molar-refractivity contribution < 1.29 is 13.2 Å². The molecule has 1 aliphatic heterocycles. The first-order valence-corrected chi connectivity index (χ1v) is 8.30. The van der Waals surface area contributed by atoms with Crippen molar-refractivity contribution in [3.05, 3.63) is 23.3 Å². The van der Waals surface area contributed by atoms with Gasteiger partial charge in [0.25, 0.3) is 0 Å². The molecule has 0 aromatic heterocycles. The molecule has 0 bridgehead atoms. The van der Waals surface area contributed by atoms with Crippen LogP contribution in [0.3, 0.4) is 0 Å². The van der Waals surface area contributed by atoms with Gasteiger partial charge in [0, 0.05) is 12.6 Å². The van der Waals surface area contributed by atoms with Gasteiger partial charge >= 0.3 is 0 Å². The van der Waals surface area contributed by atoms with Gasteiger partial charge in [-0.3, -0.25) is 0 Å². The van der Waals surface area contributed by atoms with Crippen LogP contribution in [0.5, 0.6) is 5.75 Å². The van der Waals surface area contributed by atoms with E-state index in [2.05, 4.69) is 10.0 Å². The zero-order chi connectivity index (χ0) is 14.8. The van der Waals surface area contributed by atoms with Crippen LogP contribution in [0.25, 0.3) is 0 Å². The molecule has 0 aliphatic carbocycles. The zero-order valence-corrected chi connectivity index (χ0v) is 14.2. The lowest BCUT2D eigenvalue weighted by Crippen LogP contribution is -2.45. The third kappa shape index (κ3) is 4.32. The van der Waals surface area contributed by atoms with Gasteiger partial charge in [0.15, 0.2) is 0 Å². The van der Waals surface area contributed by atoms with Crippen molar-refractivity contribution in [2.24, 2.45) is 0 Å². The first kappa shape index (κ1) is 18.2. The summed E-state index contributed by atoms with van der Waals surface area (Å²) in [5.74, 6) is 0.423. The lowest BCUT2D eigenvalue weighted by atomic mass is 10.1. The van der Waals surface area contributed by atoms with Gasteiger partial charge in [-0.25, -0.2) is 13.1 Å². The maximum Gasteiger partial charge on any atom is 0.244 e. The molecule has 1 aliphatic rings. The summed E-state index contributed by atoms with van der Waals surface area (Å²) in [6.07, 6.45) is 1.84. The number of hydrogen-bond donors (Lipinski definition) is 2. The van der Waals surface area contributed by atoms with E-state index < -0.39 is 10.0 Å². The lowest BCUT2D eigenvalue weighted by Gasteiger charge is -2.24. The number of benzene rings is 1. The predicted octanol–water partition coefficient (Wildman–Crippen LogP) is 1.76. The van der Waals surface area contributed by atoms with Gasteiger partial charge in [-0.15, -0.1) is 12.4 Å². The van der Waals surface area contributed by atoms with Crippen LogP contribution in [0.4, 0.5) is 0 Å². The average Bonchev–Trinajstić information content (AvgIpc) is 2.38.